The molecular weight excluding hydrogens is 604 g/mol. The van der Waals surface area contributed by atoms with Gasteiger partial charge in [-0.05, 0) is 72.1 Å². The summed E-state index contributed by atoms with van der Waals surface area (Å²) in [5.41, 5.74) is -0.672. The normalized spacial score (nSPS) is 12.3. The minimum atomic E-state index is -1.85. The summed E-state index contributed by atoms with van der Waals surface area (Å²) in [4.78, 5) is 37.2. The molecule has 2 N–H and O–H groups in total. The molecule has 0 aliphatic heterocycles. The Morgan fingerprint density at radius 1 is 0.783 bits per heavy atom. The third-order valence-corrected chi connectivity index (χ3v) is 7.15. The minimum absolute atomic E-state index is 0.00597. The van der Waals surface area contributed by atoms with Gasteiger partial charge in [-0.15, -0.1) is 0 Å². The van der Waals surface area contributed by atoms with Crippen LogP contribution >= 0.6 is 0 Å². The van der Waals surface area contributed by atoms with Crippen molar-refractivity contribution in [2.45, 2.75) is 148 Å². The molecule has 0 saturated carbocycles. The molecule has 0 spiro atoms. The van der Waals surface area contributed by atoms with Crippen molar-refractivity contribution in [1.29, 1.82) is 0 Å². The smallest absolute Gasteiger partial charge is 0.407 e. The number of alkyl carbamates (subject to hydrolysis) is 1. The van der Waals surface area contributed by atoms with Gasteiger partial charge in [0.05, 0.1) is 0 Å². The molecular formula is C35H54F4N2O5. The van der Waals surface area contributed by atoms with E-state index in [1.54, 1.807) is 20.8 Å². The van der Waals surface area contributed by atoms with Gasteiger partial charge >= 0.3 is 12.1 Å². The number of unbranched alkanes of at least 4 members (excludes halogenated alkanes) is 12. The predicted octanol–water partition coefficient (Wildman–Crippen LogP) is 9.37. The van der Waals surface area contributed by atoms with Crippen LogP contribution in [0.3, 0.4) is 0 Å². The number of hydrogen-bond donors (Lipinski definition) is 2. The van der Waals surface area contributed by atoms with Crippen molar-refractivity contribution in [3.05, 3.63) is 41.5 Å². The molecule has 0 aliphatic rings. The predicted molar refractivity (Wildman–Crippen MR) is 171 cm³/mol. The van der Waals surface area contributed by atoms with Crippen LogP contribution in [0, 0.1) is 23.3 Å². The van der Waals surface area contributed by atoms with Gasteiger partial charge in [-0.1, -0.05) is 70.4 Å². The Bertz CT molecular complexity index is 1070. The van der Waals surface area contributed by atoms with E-state index < -0.39 is 58.6 Å². The van der Waals surface area contributed by atoms with Crippen LogP contribution in [0.2, 0.25) is 0 Å². The van der Waals surface area contributed by atoms with E-state index in [1.807, 2.05) is 0 Å². The highest BCUT2D eigenvalue weighted by atomic mass is 19.2. The van der Waals surface area contributed by atoms with Gasteiger partial charge in [0.2, 0.25) is 23.3 Å². The van der Waals surface area contributed by atoms with Crippen LogP contribution in [0.5, 0.6) is 5.75 Å². The number of hydrogen-bond acceptors (Lipinski definition) is 5. The second kappa shape index (κ2) is 23.2. The van der Waals surface area contributed by atoms with Crippen molar-refractivity contribution in [3.8, 4) is 5.75 Å². The Balaban J connectivity index is 2.50. The first kappa shape index (κ1) is 40.9. The zero-order valence-corrected chi connectivity index (χ0v) is 28.1. The summed E-state index contributed by atoms with van der Waals surface area (Å²) in [6.07, 6.45) is 19.1. The van der Waals surface area contributed by atoms with Gasteiger partial charge in [0, 0.05) is 19.0 Å². The van der Waals surface area contributed by atoms with E-state index >= 15 is 0 Å². The fraction of sp³-hybridized carbons (Fsp3) is 0.686. The molecule has 0 fully saturated rings. The summed E-state index contributed by atoms with van der Waals surface area (Å²) >= 11 is 0. The SMILES string of the molecule is CCCCCCCC/C=C\CCCCCCCC(=O)N[C@@H](CCCCNC(=O)OC(C)(C)C)C(=O)Oc1c(F)c(F)cc(F)c1F. The molecule has 262 valence electrons. The van der Waals surface area contributed by atoms with Crippen LogP contribution in [-0.4, -0.2) is 36.2 Å². The van der Waals surface area contributed by atoms with Gasteiger partial charge in [-0.2, -0.15) is 8.78 Å². The summed E-state index contributed by atoms with van der Waals surface area (Å²) < 4.78 is 65.3. The van der Waals surface area contributed by atoms with E-state index in [0.717, 1.165) is 38.5 Å². The Morgan fingerprint density at radius 2 is 1.33 bits per heavy atom. The standard InChI is InChI=1S/C35H54F4N2O5/c1-5-6-7-8-9-10-11-12-13-14-15-16-17-18-19-23-29(42)41-28(22-20-21-24-40-34(44)46-35(2,3)4)33(43)45-32-30(38)26(36)25-27(37)31(32)39/h12-13,25,28H,5-11,14-24H2,1-4H3,(H,40,44)(H,41,42)/b13-12-/t28-/m0/s1. The monoisotopic (exact) mass is 658 g/mol. The molecule has 7 nitrogen and oxygen atoms in total. The van der Waals surface area contributed by atoms with E-state index in [4.69, 9.17) is 9.47 Å². The fourth-order valence-corrected chi connectivity index (χ4v) is 4.66. The molecule has 11 heteroatoms. The van der Waals surface area contributed by atoms with E-state index in [9.17, 15) is 31.9 Å². The van der Waals surface area contributed by atoms with Crippen molar-refractivity contribution < 1.29 is 41.4 Å². The molecule has 1 atom stereocenters. The molecule has 0 aromatic heterocycles. The van der Waals surface area contributed by atoms with Crippen molar-refractivity contribution >= 4 is 18.0 Å². The number of carbonyl (C=O) groups excluding carboxylic acids is 3. The first-order valence-corrected chi connectivity index (χ1v) is 16.8. The number of amides is 2. The van der Waals surface area contributed by atoms with E-state index in [1.165, 1.54) is 38.5 Å². The van der Waals surface area contributed by atoms with Crippen molar-refractivity contribution in [3.63, 3.8) is 0 Å². The second-order valence-corrected chi connectivity index (χ2v) is 12.6. The molecule has 0 saturated heterocycles. The van der Waals surface area contributed by atoms with Crippen LogP contribution < -0.4 is 15.4 Å². The molecule has 0 aliphatic carbocycles. The van der Waals surface area contributed by atoms with Gasteiger partial charge < -0.3 is 20.1 Å². The lowest BCUT2D eigenvalue weighted by molar-refractivity contribution is -0.140. The maximum atomic E-state index is 14.1. The summed E-state index contributed by atoms with van der Waals surface area (Å²) in [6.45, 7) is 7.59. The first-order chi connectivity index (χ1) is 21.9. The van der Waals surface area contributed by atoms with Gasteiger partial charge in [0.15, 0.2) is 11.6 Å². The molecule has 0 unspecified atom stereocenters. The van der Waals surface area contributed by atoms with Crippen LogP contribution in [0.1, 0.15) is 137 Å². The third-order valence-electron chi connectivity index (χ3n) is 7.15. The van der Waals surface area contributed by atoms with Gasteiger partial charge in [-0.3, -0.25) is 4.79 Å². The average molecular weight is 659 g/mol. The van der Waals surface area contributed by atoms with Crippen LogP contribution in [0.25, 0.3) is 0 Å². The average Bonchev–Trinajstić information content (AvgIpc) is 2.98. The number of halogens is 4. The molecule has 2 amide bonds. The molecule has 0 radical (unpaired) electrons. The third kappa shape index (κ3) is 18.8. The van der Waals surface area contributed by atoms with Crippen LogP contribution in [0.15, 0.2) is 18.2 Å². The van der Waals surface area contributed by atoms with Crippen LogP contribution in [-0.2, 0) is 14.3 Å². The number of esters is 1. The Morgan fingerprint density at radius 3 is 1.89 bits per heavy atom. The number of nitrogens with one attached hydrogen (secondary N) is 2. The quantitative estimate of drug-likeness (QED) is 0.0305. The summed E-state index contributed by atoms with van der Waals surface area (Å²) in [5, 5.41) is 5.09. The van der Waals surface area contributed by atoms with Crippen molar-refractivity contribution in [2.75, 3.05) is 6.54 Å². The molecule has 1 aromatic carbocycles. The Kier molecular flexibility index (Phi) is 20.7. The van der Waals surface area contributed by atoms with Gasteiger partial charge in [-0.25, -0.2) is 18.4 Å². The summed E-state index contributed by atoms with van der Waals surface area (Å²) in [7, 11) is 0. The number of benzene rings is 1. The number of ether oxygens (including phenoxy) is 2. The van der Waals surface area contributed by atoms with E-state index in [0.29, 0.717) is 19.3 Å². The van der Waals surface area contributed by atoms with Crippen molar-refractivity contribution in [2.24, 2.45) is 0 Å². The van der Waals surface area contributed by atoms with Gasteiger partial charge in [0.1, 0.15) is 11.6 Å². The van der Waals surface area contributed by atoms with Crippen LogP contribution in [0.4, 0.5) is 22.4 Å². The minimum Gasteiger partial charge on any atom is -0.444 e. The summed E-state index contributed by atoms with van der Waals surface area (Å²) in [5.74, 6) is -10.4. The topological polar surface area (TPSA) is 93.7 Å². The number of rotatable bonds is 23. The number of carbonyl (C=O) groups is 3. The number of allylic oxidation sites excluding steroid dienone is 2. The molecule has 0 bridgehead atoms. The second-order valence-electron chi connectivity index (χ2n) is 12.6. The largest absolute Gasteiger partial charge is 0.444 e. The maximum absolute atomic E-state index is 14.1. The van der Waals surface area contributed by atoms with Crippen molar-refractivity contribution in [1.82, 2.24) is 10.6 Å². The van der Waals surface area contributed by atoms with E-state index in [-0.39, 0.29) is 25.5 Å². The lowest BCUT2D eigenvalue weighted by Crippen LogP contribution is -2.43. The lowest BCUT2D eigenvalue weighted by Gasteiger charge is -2.20. The van der Waals surface area contributed by atoms with E-state index in [2.05, 4.69) is 29.7 Å². The first-order valence-electron chi connectivity index (χ1n) is 16.8. The molecule has 1 aromatic rings. The lowest BCUT2D eigenvalue weighted by atomic mass is 10.1. The zero-order chi connectivity index (χ0) is 34.4. The molecule has 46 heavy (non-hydrogen) atoms. The highest BCUT2D eigenvalue weighted by Crippen LogP contribution is 2.27. The Hall–Kier alpha value is -3.11. The highest BCUT2D eigenvalue weighted by Gasteiger charge is 2.28. The molecule has 0 heterocycles. The molecule has 1 rings (SSSR count). The maximum Gasteiger partial charge on any atom is 0.407 e. The zero-order valence-electron chi connectivity index (χ0n) is 28.1. The summed E-state index contributed by atoms with van der Waals surface area (Å²) in [6, 6.07) is -1.32. The Labute approximate surface area is 272 Å². The van der Waals surface area contributed by atoms with Gasteiger partial charge in [0.25, 0.3) is 0 Å². The fourth-order valence-electron chi connectivity index (χ4n) is 4.66. The highest BCUT2D eigenvalue weighted by molar-refractivity contribution is 5.85.